The third kappa shape index (κ3) is 3.99. The third-order valence-electron chi connectivity index (χ3n) is 5.52. The van der Waals surface area contributed by atoms with E-state index >= 15 is 0 Å². The number of aromatic amines is 1. The van der Waals surface area contributed by atoms with E-state index < -0.39 is 5.97 Å². The summed E-state index contributed by atoms with van der Waals surface area (Å²) in [6.45, 7) is 0. The van der Waals surface area contributed by atoms with Crippen molar-refractivity contribution in [3.63, 3.8) is 0 Å². The molecule has 0 spiro atoms. The molecule has 0 unspecified atom stereocenters. The number of hydrogen-bond donors (Lipinski definition) is 2. The highest BCUT2D eigenvalue weighted by Gasteiger charge is 2.14. The number of rotatable bonds is 5. The van der Waals surface area contributed by atoms with E-state index in [0.717, 1.165) is 31.7 Å². The Hall–Kier alpha value is -3.61. The van der Waals surface area contributed by atoms with E-state index in [2.05, 4.69) is 11.1 Å². The summed E-state index contributed by atoms with van der Waals surface area (Å²) in [5.41, 5.74) is 3.02. The highest BCUT2D eigenvalue weighted by atomic mass is 35.5. The standard InChI is InChI=1S/C26H18ClNO4S/c1-32-22-7-3-6-16-12-23(33-25(16)22)19-11-17-10-18(26(31)28-21(17)13-20(19)27)15-5-2-4-14(8-15)9-24(29)30/h2-8,10-13H,9H2,1H3,(H,28,31)(H,29,30). The maximum Gasteiger partial charge on any atom is 0.307 e. The summed E-state index contributed by atoms with van der Waals surface area (Å²) in [4.78, 5) is 27.8. The molecule has 0 aliphatic heterocycles. The molecule has 0 aliphatic carbocycles. The van der Waals surface area contributed by atoms with Crippen LogP contribution in [0.4, 0.5) is 0 Å². The Labute approximate surface area is 197 Å². The number of hydrogen-bond acceptors (Lipinski definition) is 4. The van der Waals surface area contributed by atoms with Crippen molar-refractivity contribution in [2.45, 2.75) is 6.42 Å². The first-order chi connectivity index (χ1) is 15.9. The van der Waals surface area contributed by atoms with Crippen LogP contribution in [0.25, 0.3) is 42.6 Å². The highest BCUT2D eigenvalue weighted by molar-refractivity contribution is 7.22. The largest absolute Gasteiger partial charge is 0.495 e. The van der Waals surface area contributed by atoms with Crippen LogP contribution < -0.4 is 10.3 Å². The summed E-state index contributed by atoms with van der Waals surface area (Å²) in [6, 6.07) is 20.6. The van der Waals surface area contributed by atoms with E-state index in [4.69, 9.17) is 21.4 Å². The van der Waals surface area contributed by atoms with E-state index in [9.17, 15) is 9.59 Å². The number of ether oxygens (including phenoxy) is 1. The number of benzene rings is 3. The quantitative estimate of drug-likeness (QED) is 0.309. The molecule has 0 radical (unpaired) electrons. The zero-order chi connectivity index (χ0) is 23.1. The molecule has 0 saturated carbocycles. The van der Waals surface area contributed by atoms with Crippen LogP contribution in [0, 0.1) is 0 Å². The Bertz CT molecular complexity index is 1600. The number of aromatic nitrogens is 1. The van der Waals surface area contributed by atoms with Crippen molar-refractivity contribution >= 4 is 49.9 Å². The normalized spacial score (nSPS) is 11.2. The Morgan fingerprint density at radius 1 is 1.03 bits per heavy atom. The highest BCUT2D eigenvalue weighted by Crippen LogP contribution is 2.42. The Morgan fingerprint density at radius 3 is 2.61 bits per heavy atom. The molecule has 5 nitrogen and oxygen atoms in total. The lowest BCUT2D eigenvalue weighted by Gasteiger charge is -2.08. The first-order valence-corrected chi connectivity index (χ1v) is 11.4. The minimum atomic E-state index is -0.918. The van der Waals surface area contributed by atoms with Gasteiger partial charge in [-0.2, -0.15) is 0 Å². The van der Waals surface area contributed by atoms with Crippen LogP contribution in [0.3, 0.4) is 0 Å². The van der Waals surface area contributed by atoms with E-state index in [1.807, 2.05) is 30.3 Å². The number of thiophene rings is 1. The molecule has 7 heteroatoms. The number of aliphatic carboxylic acids is 1. The van der Waals surface area contributed by atoms with Crippen molar-refractivity contribution in [2.24, 2.45) is 0 Å². The molecule has 0 bridgehead atoms. The fraction of sp³-hybridized carbons (Fsp3) is 0.0769. The molecule has 0 atom stereocenters. The molecule has 5 rings (SSSR count). The van der Waals surface area contributed by atoms with Gasteiger partial charge in [-0.3, -0.25) is 9.59 Å². The van der Waals surface area contributed by atoms with Crippen molar-refractivity contribution < 1.29 is 14.6 Å². The lowest BCUT2D eigenvalue weighted by atomic mass is 10.0. The second kappa shape index (κ2) is 8.39. The van der Waals surface area contributed by atoms with Gasteiger partial charge in [-0.15, -0.1) is 11.3 Å². The minimum Gasteiger partial charge on any atom is -0.495 e. The number of methoxy groups -OCH3 is 1. The first-order valence-electron chi connectivity index (χ1n) is 10.2. The number of carboxylic acid groups (broad SMARTS) is 1. The van der Waals surface area contributed by atoms with Crippen LogP contribution in [0.15, 0.2) is 71.5 Å². The molecule has 2 aromatic heterocycles. The molecule has 33 heavy (non-hydrogen) atoms. The molecule has 3 aromatic carbocycles. The molecule has 0 amide bonds. The van der Waals surface area contributed by atoms with Crippen molar-refractivity contribution in [3.8, 4) is 27.3 Å². The SMILES string of the molecule is COc1cccc2cc(-c3cc4cc(-c5cccc(CC(=O)O)c5)c(=O)[nH]c4cc3Cl)sc12. The van der Waals surface area contributed by atoms with Crippen molar-refractivity contribution in [2.75, 3.05) is 7.11 Å². The summed E-state index contributed by atoms with van der Waals surface area (Å²) in [7, 11) is 1.65. The number of carbonyl (C=O) groups is 1. The first kappa shape index (κ1) is 21.2. The molecule has 2 heterocycles. The summed E-state index contributed by atoms with van der Waals surface area (Å²) in [5.74, 6) is -0.104. The van der Waals surface area contributed by atoms with Gasteiger partial charge in [0, 0.05) is 21.5 Å². The van der Waals surface area contributed by atoms with Crippen LogP contribution in [0.2, 0.25) is 5.02 Å². The van der Waals surface area contributed by atoms with E-state index in [1.54, 1.807) is 48.8 Å². The molecule has 0 fully saturated rings. The topological polar surface area (TPSA) is 79.4 Å². The molecule has 0 saturated heterocycles. The molecular weight excluding hydrogens is 458 g/mol. The number of halogens is 1. The third-order valence-corrected chi connectivity index (χ3v) is 7.03. The van der Waals surface area contributed by atoms with Crippen LogP contribution in [0.1, 0.15) is 5.56 Å². The van der Waals surface area contributed by atoms with Crippen molar-refractivity contribution in [1.82, 2.24) is 4.98 Å². The average molecular weight is 476 g/mol. The lowest BCUT2D eigenvalue weighted by molar-refractivity contribution is -0.136. The van der Waals surface area contributed by atoms with E-state index in [0.29, 0.717) is 27.2 Å². The zero-order valence-corrected chi connectivity index (χ0v) is 19.1. The summed E-state index contributed by atoms with van der Waals surface area (Å²) >= 11 is 8.21. The van der Waals surface area contributed by atoms with Gasteiger partial charge in [0.25, 0.3) is 5.56 Å². The van der Waals surface area contributed by atoms with Gasteiger partial charge in [-0.05, 0) is 52.2 Å². The van der Waals surface area contributed by atoms with E-state index in [-0.39, 0.29) is 12.0 Å². The summed E-state index contributed by atoms with van der Waals surface area (Å²) in [6.07, 6.45) is -0.103. The van der Waals surface area contributed by atoms with E-state index in [1.165, 1.54) is 0 Å². The van der Waals surface area contributed by atoms with Crippen LogP contribution >= 0.6 is 22.9 Å². The molecule has 0 aliphatic rings. The molecular formula is C26H18ClNO4S. The number of pyridine rings is 1. The molecule has 2 N–H and O–H groups in total. The Kier molecular flexibility index (Phi) is 5.40. The van der Waals surface area contributed by atoms with Crippen molar-refractivity contribution in [1.29, 1.82) is 0 Å². The van der Waals surface area contributed by atoms with Crippen LogP contribution in [0.5, 0.6) is 5.75 Å². The van der Waals surface area contributed by atoms with Gasteiger partial charge >= 0.3 is 5.97 Å². The van der Waals surface area contributed by atoms with Crippen LogP contribution in [-0.4, -0.2) is 23.2 Å². The fourth-order valence-corrected chi connectivity index (χ4v) is 5.49. The minimum absolute atomic E-state index is 0.103. The number of carboxylic acids is 1. The molecule has 164 valence electrons. The number of fused-ring (bicyclic) bond motifs is 2. The number of nitrogens with one attached hydrogen (secondary N) is 1. The predicted molar refractivity (Wildman–Crippen MR) is 134 cm³/mol. The second-order valence-electron chi connectivity index (χ2n) is 7.69. The Morgan fingerprint density at radius 2 is 1.82 bits per heavy atom. The summed E-state index contributed by atoms with van der Waals surface area (Å²) in [5, 5.41) is 11.5. The zero-order valence-electron chi connectivity index (χ0n) is 17.5. The maximum absolute atomic E-state index is 12.8. The van der Waals surface area contributed by atoms with Gasteiger partial charge in [-0.25, -0.2) is 0 Å². The van der Waals surface area contributed by atoms with Crippen LogP contribution in [-0.2, 0) is 11.2 Å². The summed E-state index contributed by atoms with van der Waals surface area (Å²) < 4.78 is 6.53. The Balaban J connectivity index is 1.65. The second-order valence-corrected chi connectivity index (χ2v) is 9.15. The lowest BCUT2D eigenvalue weighted by Crippen LogP contribution is -2.09. The van der Waals surface area contributed by atoms with Gasteiger partial charge in [0.05, 0.1) is 23.3 Å². The molecule has 5 aromatic rings. The predicted octanol–water partition coefficient (Wildman–Crippen LogP) is 6.37. The van der Waals surface area contributed by atoms with Gasteiger partial charge < -0.3 is 14.8 Å². The van der Waals surface area contributed by atoms with Gasteiger partial charge in [-0.1, -0.05) is 48.0 Å². The maximum atomic E-state index is 12.8. The smallest absolute Gasteiger partial charge is 0.307 e. The van der Waals surface area contributed by atoms with Gasteiger partial charge in [0.1, 0.15) is 5.75 Å². The van der Waals surface area contributed by atoms with Gasteiger partial charge in [0.15, 0.2) is 0 Å². The fourth-order valence-electron chi connectivity index (χ4n) is 3.98. The monoisotopic (exact) mass is 475 g/mol. The average Bonchev–Trinajstić information content (AvgIpc) is 3.22. The number of H-pyrrole nitrogens is 1. The van der Waals surface area contributed by atoms with Crippen molar-refractivity contribution in [3.05, 3.63) is 87.7 Å². The van der Waals surface area contributed by atoms with Gasteiger partial charge in [0.2, 0.25) is 0 Å².